The lowest BCUT2D eigenvalue weighted by Gasteiger charge is -2.02. The van der Waals surface area contributed by atoms with E-state index in [9.17, 15) is 4.79 Å². The zero-order valence-corrected chi connectivity index (χ0v) is 7.52. The highest BCUT2D eigenvalue weighted by Gasteiger charge is 2.28. The molecule has 0 aromatic rings. The second-order valence-electron chi connectivity index (χ2n) is 1.71. The minimum atomic E-state index is -0.120. The fourth-order valence-electron chi connectivity index (χ4n) is 0.523. The van der Waals surface area contributed by atoms with Gasteiger partial charge < -0.3 is 0 Å². The number of thioether (sulfide) groups is 1. The third kappa shape index (κ3) is 1.19. The SMILES string of the molecule is CN1C(=O)/C(=C\Cl)SC1=S. The topological polar surface area (TPSA) is 20.3 Å². The molecule has 1 amide bonds. The first-order valence-corrected chi connectivity index (χ1v) is 4.13. The number of hydrogen-bond donors (Lipinski definition) is 0. The van der Waals surface area contributed by atoms with Crippen LogP contribution in [-0.2, 0) is 4.79 Å². The van der Waals surface area contributed by atoms with Crippen molar-refractivity contribution in [1.82, 2.24) is 4.90 Å². The Balaban J connectivity index is 2.92. The van der Waals surface area contributed by atoms with Crippen LogP contribution in [0.1, 0.15) is 0 Å². The molecule has 1 heterocycles. The average molecular weight is 194 g/mol. The van der Waals surface area contributed by atoms with Gasteiger partial charge in [-0.15, -0.1) is 0 Å². The lowest BCUT2D eigenvalue weighted by Crippen LogP contribution is -2.22. The first kappa shape index (κ1) is 8.04. The fourth-order valence-corrected chi connectivity index (χ4v) is 1.78. The van der Waals surface area contributed by atoms with Crippen LogP contribution in [0.15, 0.2) is 10.4 Å². The summed E-state index contributed by atoms with van der Waals surface area (Å²) in [5, 5.41) is 0. The molecule has 0 radical (unpaired) electrons. The number of hydrogen-bond acceptors (Lipinski definition) is 3. The Kier molecular flexibility index (Phi) is 2.33. The molecule has 0 aliphatic carbocycles. The maximum absolute atomic E-state index is 11.0. The summed E-state index contributed by atoms with van der Waals surface area (Å²) in [6, 6.07) is 0. The summed E-state index contributed by atoms with van der Waals surface area (Å²) < 4.78 is 0.553. The molecule has 0 spiro atoms. The molecule has 1 fully saturated rings. The van der Waals surface area contributed by atoms with Crippen LogP contribution < -0.4 is 0 Å². The van der Waals surface area contributed by atoms with E-state index in [0.717, 1.165) is 0 Å². The van der Waals surface area contributed by atoms with E-state index in [2.05, 4.69) is 0 Å². The molecule has 1 rings (SSSR count). The largest absolute Gasteiger partial charge is 0.296 e. The first-order chi connectivity index (χ1) is 4.66. The van der Waals surface area contributed by atoms with Gasteiger partial charge in [0.2, 0.25) is 0 Å². The van der Waals surface area contributed by atoms with Crippen LogP contribution in [0.3, 0.4) is 0 Å². The maximum atomic E-state index is 11.0. The fraction of sp³-hybridized carbons (Fsp3) is 0.200. The highest BCUT2D eigenvalue weighted by molar-refractivity contribution is 8.26. The summed E-state index contributed by atoms with van der Waals surface area (Å²) in [5.41, 5.74) is 1.25. The van der Waals surface area contributed by atoms with Crippen molar-refractivity contribution < 1.29 is 4.79 Å². The van der Waals surface area contributed by atoms with Gasteiger partial charge in [0.25, 0.3) is 5.91 Å². The molecule has 0 N–H and O–H groups in total. The van der Waals surface area contributed by atoms with Gasteiger partial charge in [-0.1, -0.05) is 35.6 Å². The number of amides is 1. The molecule has 0 aromatic carbocycles. The number of carbonyl (C=O) groups excluding carboxylic acids is 1. The second-order valence-corrected chi connectivity index (χ2v) is 3.60. The van der Waals surface area contributed by atoms with Crippen molar-refractivity contribution in [1.29, 1.82) is 0 Å². The number of carbonyl (C=O) groups is 1. The van der Waals surface area contributed by atoms with Gasteiger partial charge in [0.1, 0.15) is 4.32 Å². The van der Waals surface area contributed by atoms with Gasteiger partial charge in [0.15, 0.2) is 0 Å². The number of likely N-dealkylation sites (N-methyl/N-ethyl adjacent to an activating group) is 1. The van der Waals surface area contributed by atoms with Gasteiger partial charge in [-0.3, -0.25) is 9.69 Å². The number of thiocarbonyl (C=S) groups is 1. The summed E-state index contributed by atoms with van der Waals surface area (Å²) in [6.45, 7) is 0. The van der Waals surface area contributed by atoms with Crippen molar-refractivity contribution in [2.75, 3.05) is 7.05 Å². The van der Waals surface area contributed by atoms with Crippen molar-refractivity contribution in [2.45, 2.75) is 0 Å². The molecule has 10 heavy (non-hydrogen) atoms. The van der Waals surface area contributed by atoms with Gasteiger partial charge in [0, 0.05) is 12.6 Å². The minimum Gasteiger partial charge on any atom is -0.296 e. The highest BCUT2D eigenvalue weighted by Crippen LogP contribution is 2.29. The van der Waals surface area contributed by atoms with Crippen molar-refractivity contribution in [2.24, 2.45) is 0 Å². The minimum absolute atomic E-state index is 0.120. The Hall–Kier alpha value is -0.0600. The van der Waals surface area contributed by atoms with Crippen LogP contribution in [0.25, 0.3) is 0 Å². The van der Waals surface area contributed by atoms with E-state index in [1.807, 2.05) is 0 Å². The van der Waals surface area contributed by atoms with E-state index in [1.165, 1.54) is 22.2 Å². The summed E-state index contributed by atoms with van der Waals surface area (Å²) in [5.74, 6) is -0.120. The summed E-state index contributed by atoms with van der Waals surface area (Å²) in [6.07, 6.45) is 0. The molecule has 1 aliphatic rings. The zero-order chi connectivity index (χ0) is 7.72. The standard InChI is InChI=1S/C5H4ClNOS2/c1-7-4(8)3(2-6)10-5(7)9/h2H,1H3/b3-2+. The van der Waals surface area contributed by atoms with Crippen molar-refractivity contribution in [3.05, 3.63) is 10.4 Å². The first-order valence-electron chi connectivity index (χ1n) is 2.47. The van der Waals surface area contributed by atoms with Gasteiger partial charge in [0.05, 0.1) is 4.91 Å². The Labute approximate surface area is 73.2 Å². The zero-order valence-electron chi connectivity index (χ0n) is 5.13. The lowest BCUT2D eigenvalue weighted by atomic mass is 10.5. The monoisotopic (exact) mass is 193 g/mol. The van der Waals surface area contributed by atoms with Crippen LogP contribution in [0.5, 0.6) is 0 Å². The molecule has 0 atom stereocenters. The molecule has 1 saturated heterocycles. The van der Waals surface area contributed by atoms with Crippen molar-refractivity contribution in [3.63, 3.8) is 0 Å². The van der Waals surface area contributed by atoms with Crippen molar-refractivity contribution in [3.8, 4) is 0 Å². The third-order valence-electron chi connectivity index (χ3n) is 1.09. The van der Waals surface area contributed by atoms with Crippen LogP contribution >= 0.6 is 35.6 Å². The molecule has 1 aliphatic heterocycles. The number of nitrogens with zero attached hydrogens (tertiary/aromatic N) is 1. The second kappa shape index (κ2) is 2.90. The highest BCUT2D eigenvalue weighted by atomic mass is 35.5. The molecule has 54 valence electrons. The Bertz CT molecular complexity index is 226. The normalized spacial score (nSPS) is 23.0. The third-order valence-corrected chi connectivity index (χ3v) is 2.92. The van der Waals surface area contributed by atoms with Gasteiger partial charge in [-0.25, -0.2) is 0 Å². The van der Waals surface area contributed by atoms with Gasteiger partial charge in [-0.2, -0.15) is 0 Å². The number of rotatable bonds is 0. The predicted molar refractivity (Wildman–Crippen MR) is 46.9 cm³/mol. The smallest absolute Gasteiger partial charge is 0.266 e. The molecule has 5 heteroatoms. The van der Waals surface area contributed by atoms with Gasteiger partial charge >= 0.3 is 0 Å². The molecular weight excluding hydrogens is 190 g/mol. The predicted octanol–water partition coefficient (Wildman–Crippen LogP) is 1.56. The van der Waals surface area contributed by atoms with Crippen LogP contribution in [0.4, 0.5) is 0 Å². The molecular formula is C5H4ClNOS2. The van der Waals surface area contributed by atoms with E-state index in [1.54, 1.807) is 7.05 Å². The van der Waals surface area contributed by atoms with Crippen LogP contribution in [0, 0.1) is 0 Å². The van der Waals surface area contributed by atoms with Crippen LogP contribution in [0.2, 0.25) is 0 Å². The van der Waals surface area contributed by atoms with E-state index < -0.39 is 0 Å². The summed E-state index contributed by atoms with van der Waals surface area (Å²) in [4.78, 5) is 12.9. The molecule has 0 unspecified atom stereocenters. The summed E-state index contributed by atoms with van der Waals surface area (Å²) in [7, 11) is 1.63. The van der Waals surface area contributed by atoms with E-state index in [4.69, 9.17) is 23.8 Å². The average Bonchev–Trinajstić information content (AvgIpc) is 2.17. The van der Waals surface area contributed by atoms with E-state index >= 15 is 0 Å². The van der Waals surface area contributed by atoms with Crippen molar-refractivity contribution >= 4 is 45.8 Å². The molecule has 2 nitrogen and oxygen atoms in total. The Morgan fingerprint density at radius 1 is 1.80 bits per heavy atom. The lowest BCUT2D eigenvalue weighted by molar-refractivity contribution is -0.121. The molecule has 0 aromatic heterocycles. The Morgan fingerprint density at radius 2 is 2.40 bits per heavy atom. The quantitative estimate of drug-likeness (QED) is 0.430. The van der Waals surface area contributed by atoms with E-state index in [-0.39, 0.29) is 5.91 Å². The summed E-state index contributed by atoms with van der Waals surface area (Å²) >= 11 is 11.4. The Morgan fingerprint density at radius 3 is 2.60 bits per heavy atom. The van der Waals surface area contributed by atoms with Crippen LogP contribution in [-0.4, -0.2) is 22.2 Å². The maximum Gasteiger partial charge on any atom is 0.266 e. The van der Waals surface area contributed by atoms with Gasteiger partial charge in [-0.05, 0) is 0 Å². The molecule has 0 bridgehead atoms. The number of halogens is 1. The molecule has 0 saturated carbocycles. The van der Waals surface area contributed by atoms with E-state index in [0.29, 0.717) is 9.23 Å².